The number of aromatic nitrogens is 3. The van der Waals surface area contributed by atoms with Gasteiger partial charge in [-0.1, -0.05) is 12.1 Å². The van der Waals surface area contributed by atoms with Gasteiger partial charge < -0.3 is 14.6 Å². The molecule has 0 spiro atoms. The van der Waals surface area contributed by atoms with Gasteiger partial charge in [-0.3, -0.25) is 0 Å². The Morgan fingerprint density at radius 3 is 2.85 bits per heavy atom. The summed E-state index contributed by atoms with van der Waals surface area (Å²) >= 11 is 0. The van der Waals surface area contributed by atoms with Crippen LogP contribution in [0.25, 0.3) is 0 Å². The predicted molar refractivity (Wildman–Crippen MR) is 76.6 cm³/mol. The number of nitrogens with zero attached hydrogens (tertiary/aromatic N) is 3. The Labute approximate surface area is 119 Å². The number of benzene rings is 1. The number of hydrogen-bond acceptors (Lipinski definition) is 4. The normalized spacial score (nSPS) is 15.1. The van der Waals surface area contributed by atoms with E-state index in [1.807, 2.05) is 12.1 Å². The SMILES string of the molecule is COc1ccc(CNC(C)c2nnc3n2CCC3)cc1. The van der Waals surface area contributed by atoms with Gasteiger partial charge in [-0.15, -0.1) is 10.2 Å². The van der Waals surface area contributed by atoms with E-state index in [-0.39, 0.29) is 6.04 Å². The van der Waals surface area contributed by atoms with E-state index in [4.69, 9.17) is 4.74 Å². The Hall–Kier alpha value is -1.88. The average molecular weight is 272 g/mol. The smallest absolute Gasteiger partial charge is 0.149 e. The van der Waals surface area contributed by atoms with E-state index in [1.54, 1.807) is 7.11 Å². The highest BCUT2D eigenvalue weighted by Gasteiger charge is 2.20. The van der Waals surface area contributed by atoms with Crippen LogP contribution in [0, 0.1) is 0 Å². The number of nitrogens with one attached hydrogen (secondary N) is 1. The highest BCUT2D eigenvalue weighted by atomic mass is 16.5. The molecule has 5 heteroatoms. The number of ether oxygens (including phenoxy) is 1. The van der Waals surface area contributed by atoms with Crippen molar-refractivity contribution in [2.24, 2.45) is 0 Å². The molecule has 3 rings (SSSR count). The number of rotatable bonds is 5. The molecule has 1 aromatic heterocycles. The quantitative estimate of drug-likeness (QED) is 0.905. The Morgan fingerprint density at radius 1 is 1.30 bits per heavy atom. The van der Waals surface area contributed by atoms with Crippen LogP contribution in [0.3, 0.4) is 0 Å². The lowest BCUT2D eigenvalue weighted by molar-refractivity contribution is 0.414. The van der Waals surface area contributed by atoms with Crippen molar-refractivity contribution in [3.8, 4) is 5.75 Å². The van der Waals surface area contributed by atoms with Gasteiger partial charge in [0.25, 0.3) is 0 Å². The van der Waals surface area contributed by atoms with E-state index in [1.165, 1.54) is 12.0 Å². The van der Waals surface area contributed by atoms with E-state index >= 15 is 0 Å². The summed E-state index contributed by atoms with van der Waals surface area (Å²) in [5, 5.41) is 12.1. The molecule has 0 amide bonds. The summed E-state index contributed by atoms with van der Waals surface area (Å²) < 4.78 is 7.40. The topological polar surface area (TPSA) is 52.0 Å². The third-order valence-electron chi connectivity index (χ3n) is 3.80. The third-order valence-corrected chi connectivity index (χ3v) is 3.80. The van der Waals surface area contributed by atoms with Crippen molar-refractivity contribution >= 4 is 0 Å². The lowest BCUT2D eigenvalue weighted by Crippen LogP contribution is -2.21. The molecule has 5 nitrogen and oxygen atoms in total. The fourth-order valence-electron chi connectivity index (χ4n) is 2.60. The van der Waals surface area contributed by atoms with Gasteiger partial charge in [-0.05, 0) is 31.0 Å². The first-order chi connectivity index (χ1) is 9.78. The predicted octanol–water partition coefficient (Wildman–Crippen LogP) is 2.08. The zero-order valence-corrected chi connectivity index (χ0v) is 12.0. The molecule has 0 aliphatic carbocycles. The highest BCUT2D eigenvalue weighted by molar-refractivity contribution is 5.27. The molecular weight excluding hydrogens is 252 g/mol. The summed E-state index contributed by atoms with van der Waals surface area (Å²) in [6, 6.07) is 8.32. The maximum atomic E-state index is 5.16. The molecule has 1 aromatic carbocycles. The Kier molecular flexibility index (Phi) is 3.69. The van der Waals surface area contributed by atoms with Crippen LogP contribution in [0.5, 0.6) is 5.75 Å². The van der Waals surface area contributed by atoms with E-state index in [2.05, 4.69) is 39.1 Å². The van der Waals surface area contributed by atoms with Crippen LogP contribution in [-0.4, -0.2) is 21.9 Å². The lowest BCUT2D eigenvalue weighted by atomic mass is 10.2. The van der Waals surface area contributed by atoms with Gasteiger partial charge in [0.15, 0.2) is 0 Å². The van der Waals surface area contributed by atoms with Crippen LogP contribution >= 0.6 is 0 Å². The first kappa shape index (κ1) is 13.1. The molecule has 1 atom stereocenters. The van der Waals surface area contributed by atoms with Crippen molar-refractivity contribution in [1.82, 2.24) is 20.1 Å². The van der Waals surface area contributed by atoms with Crippen LogP contribution in [0.2, 0.25) is 0 Å². The van der Waals surface area contributed by atoms with Gasteiger partial charge >= 0.3 is 0 Å². The number of aryl methyl sites for hydroxylation is 1. The van der Waals surface area contributed by atoms with Crippen LogP contribution in [0.4, 0.5) is 0 Å². The largest absolute Gasteiger partial charge is 0.497 e. The fourth-order valence-corrected chi connectivity index (χ4v) is 2.60. The number of hydrogen-bond donors (Lipinski definition) is 1. The van der Waals surface area contributed by atoms with Gasteiger partial charge in [-0.2, -0.15) is 0 Å². The molecule has 1 aliphatic rings. The molecule has 0 saturated heterocycles. The summed E-state index contributed by atoms with van der Waals surface area (Å²) in [4.78, 5) is 0. The molecule has 2 aromatic rings. The third kappa shape index (κ3) is 2.54. The minimum Gasteiger partial charge on any atom is -0.497 e. The standard InChI is InChI=1S/C15H20N4O/c1-11(15-18-17-14-4-3-9-19(14)15)16-10-12-5-7-13(20-2)8-6-12/h5-8,11,16H,3-4,9-10H2,1-2H3. The van der Waals surface area contributed by atoms with Crippen molar-refractivity contribution in [3.63, 3.8) is 0 Å². The molecule has 0 fully saturated rings. The molecule has 2 heterocycles. The number of methoxy groups -OCH3 is 1. The van der Waals surface area contributed by atoms with Gasteiger partial charge in [-0.25, -0.2) is 0 Å². The van der Waals surface area contributed by atoms with Gasteiger partial charge in [0.1, 0.15) is 17.4 Å². The first-order valence-electron chi connectivity index (χ1n) is 7.06. The van der Waals surface area contributed by atoms with Crippen molar-refractivity contribution in [2.75, 3.05) is 7.11 Å². The molecular formula is C15H20N4O. The summed E-state index contributed by atoms with van der Waals surface area (Å²) in [5.41, 5.74) is 1.24. The maximum absolute atomic E-state index is 5.16. The maximum Gasteiger partial charge on any atom is 0.149 e. The van der Waals surface area contributed by atoms with Crippen LogP contribution in [0.1, 0.15) is 36.6 Å². The molecule has 106 valence electrons. The minimum absolute atomic E-state index is 0.205. The molecule has 0 radical (unpaired) electrons. The second-order valence-electron chi connectivity index (χ2n) is 5.18. The van der Waals surface area contributed by atoms with Crippen molar-refractivity contribution in [3.05, 3.63) is 41.5 Å². The zero-order chi connectivity index (χ0) is 13.9. The second-order valence-corrected chi connectivity index (χ2v) is 5.18. The molecule has 0 bridgehead atoms. The molecule has 0 saturated carbocycles. The van der Waals surface area contributed by atoms with Crippen molar-refractivity contribution in [1.29, 1.82) is 0 Å². The fraction of sp³-hybridized carbons (Fsp3) is 0.467. The molecule has 20 heavy (non-hydrogen) atoms. The molecule has 1 aliphatic heterocycles. The summed E-state index contributed by atoms with van der Waals surface area (Å²) in [6.07, 6.45) is 2.24. The molecule has 1 N–H and O–H groups in total. The van der Waals surface area contributed by atoms with Gasteiger partial charge in [0.05, 0.1) is 13.2 Å². The summed E-state index contributed by atoms with van der Waals surface area (Å²) in [7, 11) is 1.68. The van der Waals surface area contributed by atoms with E-state index < -0.39 is 0 Å². The first-order valence-corrected chi connectivity index (χ1v) is 7.06. The number of fused-ring (bicyclic) bond motifs is 1. The van der Waals surface area contributed by atoms with Gasteiger partial charge in [0.2, 0.25) is 0 Å². The zero-order valence-electron chi connectivity index (χ0n) is 12.0. The van der Waals surface area contributed by atoms with Gasteiger partial charge in [0, 0.05) is 19.5 Å². The van der Waals surface area contributed by atoms with Crippen LogP contribution in [-0.2, 0) is 19.5 Å². The Morgan fingerprint density at radius 2 is 2.10 bits per heavy atom. The Balaban J connectivity index is 1.62. The summed E-state index contributed by atoms with van der Waals surface area (Å²) in [6.45, 7) is 4.00. The van der Waals surface area contributed by atoms with Crippen LogP contribution in [0.15, 0.2) is 24.3 Å². The molecule has 1 unspecified atom stereocenters. The van der Waals surface area contributed by atoms with Crippen LogP contribution < -0.4 is 10.1 Å². The average Bonchev–Trinajstić information content (AvgIpc) is 3.08. The second kappa shape index (κ2) is 5.63. The van der Waals surface area contributed by atoms with E-state index in [0.717, 1.165) is 36.9 Å². The monoisotopic (exact) mass is 272 g/mol. The lowest BCUT2D eigenvalue weighted by Gasteiger charge is -2.14. The summed E-state index contributed by atoms with van der Waals surface area (Å²) in [5.74, 6) is 3.06. The van der Waals surface area contributed by atoms with Crippen molar-refractivity contribution in [2.45, 2.75) is 38.9 Å². The van der Waals surface area contributed by atoms with E-state index in [0.29, 0.717) is 0 Å². The Bertz CT molecular complexity index is 576. The minimum atomic E-state index is 0.205. The van der Waals surface area contributed by atoms with E-state index in [9.17, 15) is 0 Å². The highest BCUT2D eigenvalue weighted by Crippen LogP contribution is 2.19. The van der Waals surface area contributed by atoms with Crippen molar-refractivity contribution < 1.29 is 4.74 Å².